The summed E-state index contributed by atoms with van der Waals surface area (Å²) in [5.74, 6) is 0.0409. The molecule has 0 bridgehead atoms. The molecule has 104 valence electrons. The minimum atomic E-state index is -0.188. The zero-order valence-corrected chi connectivity index (χ0v) is 11.5. The quantitative estimate of drug-likeness (QED) is 0.886. The second-order valence-corrected chi connectivity index (χ2v) is 5.25. The molecule has 1 fully saturated rings. The Kier molecular flexibility index (Phi) is 4.53. The number of rotatable bonds is 5. The van der Waals surface area contributed by atoms with Gasteiger partial charge in [-0.15, -0.1) is 0 Å². The largest absolute Gasteiger partial charge is 0.341 e. The summed E-state index contributed by atoms with van der Waals surface area (Å²) in [5, 5.41) is 3.35. The molecule has 1 amide bonds. The molecule has 19 heavy (non-hydrogen) atoms. The van der Waals surface area contributed by atoms with E-state index < -0.39 is 0 Å². The molecule has 1 aromatic carbocycles. The zero-order chi connectivity index (χ0) is 13.8. The number of hydrogen-bond donors (Lipinski definition) is 1. The number of benzene rings is 1. The Balaban J connectivity index is 1.90. The molecule has 2 rings (SSSR count). The monoisotopic (exact) mass is 264 g/mol. The highest BCUT2D eigenvalue weighted by molar-refractivity contribution is 5.78. The lowest BCUT2D eigenvalue weighted by Gasteiger charge is -2.25. The molecule has 0 radical (unpaired) electrons. The van der Waals surface area contributed by atoms with E-state index in [2.05, 4.69) is 5.32 Å². The average Bonchev–Trinajstić information content (AvgIpc) is 2.75. The van der Waals surface area contributed by atoms with Gasteiger partial charge in [0.1, 0.15) is 5.82 Å². The van der Waals surface area contributed by atoms with Gasteiger partial charge >= 0.3 is 0 Å². The first-order chi connectivity index (χ1) is 9.08. The van der Waals surface area contributed by atoms with E-state index in [1.54, 1.807) is 12.1 Å². The third-order valence-electron chi connectivity index (χ3n) is 3.57. The third-order valence-corrected chi connectivity index (χ3v) is 3.57. The van der Waals surface area contributed by atoms with Crippen molar-refractivity contribution in [3.8, 4) is 0 Å². The molecular formula is C15H21FN2O. The van der Waals surface area contributed by atoms with Gasteiger partial charge in [0.15, 0.2) is 0 Å². The van der Waals surface area contributed by atoms with Crippen LogP contribution in [0.25, 0.3) is 0 Å². The lowest BCUT2D eigenvalue weighted by molar-refractivity contribution is -0.127. The van der Waals surface area contributed by atoms with Gasteiger partial charge in [0.25, 0.3) is 0 Å². The van der Waals surface area contributed by atoms with Crippen LogP contribution >= 0.6 is 0 Å². The van der Waals surface area contributed by atoms with Crippen molar-refractivity contribution in [2.24, 2.45) is 0 Å². The van der Waals surface area contributed by atoms with Crippen molar-refractivity contribution < 1.29 is 9.18 Å². The van der Waals surface area contributed by atoms with Crippen molar-refractivity contribution in [2.45, 2.75) is 38.8 Å². The Hall–Kier alpha value is -1.42. The summed E-state index contributed by atoms with van der Waals surface area (Å²) in [7, 11) is 0. The first kappa shape index (κ1) is 14.0. The average molecular weight is 264 g/mol. The molecule has 2 unspecified atom stereocenters. The first-order valence-electron chi connectivity index (χ1n) is 6.86. The molecule has 3 nitrogen and oxygen atoms in total. The number of hydrogen-bond acceptors (Lipinski definition) is 2. The van der Waals surface area contributed by atoms with Crippen molar-refractivity contribution in [1.82, 2.24) is 10.2 Å². The van der Waals surface area contributed by atoms with E-state index in [1.807, 2.05) is 24.8 Å². The third kappa shape index (κ3) is 3.53. The first-order valence-corrected chi connectivity index (χ1v) is 6.86. The SMILES string of the molecule is CC(CN1CCCC1=O)NC(C)c1ccccc1F. The highest BCUT2D eigenvalue weighted by Gasteiger charge is 2.22. The number of amides is 1. The highest BCUT2D eigenvalue weighted by atomic mass is 19.1. The summed E-state index contributed by atoms with van der Waals surface area (Å²) in [6.07, 6.45) is 1.62. The van der Waals surface area contributed by atoms with Crippen LogP contribution in [0.2, 0.25) is 0 Å². The zero-order valence-electron chi connectivity index (χ0n) is 11.5. The summed E-state index contributed by atoms with van der Waals surface area (Å²) in [4.78, 5) is 13.4. The maximum atomic E-state index is 13.7. The molecule has 1 saturated heterocycles. The topological polar surface area (TPSA) is 32.3 Å². The van der Waals surface area contributed by atoms with Crippen LogP contribution in [0, 0.1) is 5.82 Å². The molecular weight excluding hydrogens is 243 g/mol. The Morgan fingerprint density at radius 1 is 1.37 bits per heavy atom. The minimum Gasteiger partial charge on any atom is -0.341 e. The van der Waals surface area contributed by atoms with E-state index in [1.165, 1.54) is 6.07 Å². The Morgan fingerprint density at radius 2 is 2.11 bits per heavy atom. The predicted molar refractivity (Wildman–Crippen MR) is 73.2 cm³/mol. The van der Waals surface area contributed by atoms with Crippen LogP contribution in [0.15, 0.2) is 24.3 Å². The van der Waals surface area contributed by atoms with Crippen molar-refractivity contribution in [3.63, 3.8) is 0 Å². The smallest absolute Gasteiger partial charge is 0.222 e. The fourth-order valence-corrected chi connectivity index (χ4v) is 2.62. The Bertz CT molecular complexity index is 450. The van der Waals surface area contributed by atoms with Crippen LogP contribution in [0.3, 0.4) is 0 Å². The molecule has 2 atom stereocenters. The Labute approximate surface area is 113 Å². The van der Waals surface area contributed by atoms with Gasteiger partial charge in [-0.2, -0.15) is 0 Å². The minimum absolute atomic E-state index is 0.0612. The van der Waals surface area contributed by atoms with Crippen LogP contribution in [0.1, 0.15) is 38.3 Å². The van der Waals surface area contributed by atoms with Gasteiger partial charge in [-0.25, -0.2) is 4.39 Å². The van der Waals surface area contributed by atoms with Crippen LogP contribution < -0.4 is 5.32 Å². The van der Waals surface area contributed by atoms with E-state index >= 15 is 0 Å². The molecule has 1 N–H and O–H groups in total. The summed E-state index contributed by atoms with van der Waals surface area (Å²) >= 11 is 0. The predicted octanol–water partition coefficient (Wildman–Crippen LogP) is 2.49. The van der Waals surface area contributed by atoms with E-state index in [0.29, 0.717) is 18.5 Å². The number of carbonyl (C=O) groups excluding carboxylic acids is 1. The van der Waals surface area contributed by atoms with Crippen LogP contribution in [0.4, 0.5) is 4.39 Å². The molecule has 0 aliphatic carbocycles. The van der Waals surface area contributed by atoms with Crippen molar-refractivity contribution >= 4 is 5.91 Å². The van der Waals surface area contributed by atoms with Crippen LogP contribution in [-0.2, 0) is 4.79 Å². The number of likely N-dealkylation sites (tertiary alicyclic amines) is 1. The van der Waals surface area contributed by atoms with Gasteiger partial charge < -0.3 is 10.2 Å². The summed E-state index contributed by atoms with van der Waals surface area (Å²) in [6, 6.07) is 6.89. The number of nitrogens with zero attached hydrogens (tertiary/aromatic N) is 1. The van der Waals surface area contributed by atoms with Crippen LogP contribution in [-0.4, -0.2) is 29.9 Å². The second-order valence-electron chi connectivity index (χ2n) is 5.25. The maximum Gasteiger partial charge on any atom is 0.222 e. The maximum absolute atomic E-state index is 13.7. The van der Waals surface area contributed by atoms with Crippen molar-refractivity contribution in [3.05, 3.63) is 35.6 Å². The van der Waals surface area contributed by atoms with E-state index in [4.69, 9.17) is 0 Å². The van der Waals surface area contributed by atoms with Gasteiger partial charge in [-0.1, -0.05) is 18.2 Å². The molecule has 1 heterocycles. The van der Waals surface area contributed by atoms with Gasteiger partial charge in [0.05, 0.1) is 0 Å². The molecule has 0 spiro atoms. The molecule has 4 heteroatoms. The molecule has 0 aromatic heterocycles. The lowest BCUT2D eigenvalue weighted by atomic mass is 10.1. The highest BCUT2D eigenvalue weighted by Crippen LogP contribution is 2.17. The van der Waals surface area contributed by atoms with Gasteiger partial charge in [0, 0.05) is 37.2 Å². The number of carbonyl (C=O) groups is 1. The number of nitrogens with one attached hydrogen (secondary N) is 1. The summed E-state index contributed by atoms with van der Waals surface area (Å²) < 4.78 is 13.7. The summed E-state index contributed by atoms with van der Waals surface area (Å²) in [6.45, 7) is 5.51. The fraction of sp³-hybridized carbons (Fsp3) is 0.533. The number of halogens is 1. The van der Waals surface area contributed by atoms with E-state index in [9.17, 15) is 9.18 Å². The second kappa shape index (κ2) is 6.15. The van der Waals surface area contributed by atoms with Gasteiger partial charge in [0.2, 0.25) is 5.91 Å². The van der Waals surface area contributed by atoms with Crippen molar-refractivity contribution in [2.75, 3.05) is 13.1 Å². The Morgan fingerprint density at radius 3 is 2.74 bits per heavy atom. The summed E-state index contributed by atoms with van der Waals surface area (Å²) in [5.41, 5.74) is 0.669. The normalized spacial score (nSPS) is 18.7. The molecule has 1 aliphatic heterocycles. The van der Waals surface area contributed by atoms with Gasteiger partial charge in [-0.05, 0) is 26.3 Å². The standard InChI is InChI=1S/C15H21FN2O/c1-11(10-18-9-5-8-15(18)19)17-12(2)13-6-3-4-7-14(13)16/h3-4,6-7,11-12,17H,5,8-10H2,1-2H3. The van der Waals surface area contributed by atoms with Crippen LogP contribution in [0.5, 0.6) is 0 Å². The van der Waals surface area contributed by atoms with Gasteiger partial charge in [-0.3, -0.25) is 4.79 Å². The van der Waals surface area contributed by atoms with E-state index in [0.717, 1.165) is 13.0 Å². The molecule has 1 aromatic rings. The molecule has 1 aliphatic rings. The lowest BCUT2D eigenvalue weighted by Crippen LogP contribution is -2.40. The van der Waals surface area contributed by atoms with Crippen molar-refractivity contribution in [1.29, 1.82) is 0 Å². The fourth-order valence-electron chi connectivity index (χ4n) is 2.62. The molecule has 0 saturated carbocycles. The van der Waals surface area contributed by atoms with E-state index in [-0.39, 0.29) is 23.8 Å².